The molecular formula is C34H37FN2O7S. The van der Waals surface area contributed by atoms with Gasteiger partial charge >= 0.3 is 5.97 Å². The molecule has 11 heteroatoms. The SMILES string of the molecule is CNC(=O)c1c(-c2ccc(F)cc2)oc2cc(CS(=O)(=O)NCCCCCOCc3ccc(C(=O)OC)cc3)c(C3CC3)cc12. The quantitative estimate of drug-likeness (QED) is 0.120. The van der Waals surface area contributed by atoms with Gasteiger partial charge in [-0.1, -0.05) is 12.1 Å². The van der Waals surface area contributed by atoms with Crippen LogP contribution >= 0.6 is 0 Å². The van der Waals surface area contributed by atoms with Crippen molar-refractivity contribution in [3.8, 4) is 11.3 Å². The Labute approximate surface area is 262 Å². The van der Waals surface area contributed by atoms with Crippen LogP contribution in [0.25, 0.3) is 22.3 Å². The molecule has 4 aromatic rings. The zero-order chi connectivity index (χ0) is 32.0. The zero-order valence-electron chi connectivity index (χ0n) is 25.4. The first kappa shape index (κ1) is 32.3. The Hall–Kier alpha value is -4.06. The molecule has 9 nitrogen and oxygen atoms in total. The Morgan fingerprint density at radius 2 is 1.73 bits per heavy atom. The topological polar surface area (TPSA) is 124 Å². The summed E-state index contributed by atoms with van der Waals surface area (Å²) in [5.74, 6) is -0.780. The van der Waals surface area contributed by atoms with Gasteiger partial charge in [0.05, 0.1) is 30.6 Å². The molecule has 1 fully saturated rings. The second kappa shape index (κ2) is 14.4. The number of sulfonamides is 1. The molecule has 45 heavy (non-hydrogen) atoms. The number of ether oxygens (including phenoxy) is 2. The molecule has 0 atom stereocenters. The fraction of sp³-hybridized carbons (Fsp3) is 0.353. The molecular weight excluding hydrogens is 599 g/mol. The van der Waals surface area contributed by atoms with Gasteiger partial charge in [-0.05, 0) is 103 Å². The summed E-state index contributed by atoms with van der Waals surface area (Å²) in [7, 11) is -0.758. The maximum atomic E-state index is 13.6. The number of amides is 1. The van der Waals surface area contributed by atoms with Gasteiger partial charge in [0.15, 0.2) is 0 Å². The first-order valence-corrected chi connectivity index (χ1v) is 16.6. The van der Waals surface area contributed by atoms with Crippen molar-refractivity contribution >= 4 is 32.9 Å². The van der Waals surface area contributed by atoms with Gasteiger partial charge in [-0.15, -0.1) is 0 Å². The van der Waals surface area contributed by atoms with Gasteiger partial charge in [0.2, 0.25) is 10.0 Å². The number of esters is 1. The lowest BCUT2D eigenvalue weighted by Gasteiger charge is -2.11. The van der Waals surface area contributed by atoms with Gasteiger partial charge in [-0.3, -0.25) is 4.79 Å². The lowest BCUT2D eigenvalue weighted by molar-refractivity contribution is 0.0600. The minimum Gasteiger partial charge on any atom is -0.465 e. The fourth-order valence-electron chi connectivity index (χ4n) is 5.29. The van der Waals surface area contributed by atoms with Crippen LogP contribution in [-0.2, 0) is 31.9 Å². The van der Waals surface area contributed by atoms with Gasteiger partial charge < -0.3 is 19.2 Å². The Morgan fingerprint density at radius 1 is 1.00 bits per heavy atom. The predicted molar refractivity (Wildman–Crippen MR) is 169 cm³/mol. The second-order valence-corrected chi connectivity index (χ2v) is 13.0. The molecule has 0 bridgehead atoms. The zero-order valence-corrected chi connectivity index (χ0v) is 26.2. The van der Waals surface area contributed by atoms with E-state index in [1.807, 2.05) is 18.2 Å². The van der Waals surface area contributed by atoms with Crippen LogP contribution < -0.4 is 10.0 Å². The Balaban J connectivity index is 1.17. The maximum absolute atomic E-state index is 13.6. The van der Waals surface area contributed by atoms with Gasteiger partial charge in [0.1, 0.15) is 17.2 Å². The van der Waals surface area contributed by atoms with Crippen LogP contribution in [0.2, 0.25) is 0 Å². The molecule has 1 heterocycles. The number of unbranched alkanes of at least 4 members (excludes halogenated alkanes) is 2. The van der Waals surface area contributed by atoms with E-state index in [0.717, 1.165) is 36.8 Å². The normalized spacial score (nSPS) is 13.2. The van der Waals surface area contributed by atoms with E-state index in [1.165, 1.54) is 26.3 Å². The highest BCUT2D eigenvalue weighted by atomic mass is 32.2. The molecule has 0 aliphatic heterocycles. The van der Waals surface area contributed by atoms with Crippen LogP contribution in [-0.4, -0.2) is 47.6 Å². The minimum atomic E-state index is -3.63. The molecule has 3 aromatic carbocycles. The number of carbonyl (C=O) groups excluding carboxylic acids is 2. The van der Waals surface area contributed by atoms with Crippen LogP contribution in [0.4, 0.5) is 4.39 Å². The number of fused-ring (bicyclic) bond motifs is 1. The number of nitrogens with one attached hydrogen (secondary N) is 2. The molecule has 2 N–H and O–H groups in total. The number of methoxy groups -OCH3 is 1. The molecule has 0 unspecified atom stereocenters. The third-order valence-corrected chi connectivity index (χ3v) is 9.14. The number of furan rings is 1. The highest BCUT2D eigenvalue weighted by molar-refractivity contribution is 7.88. The average Bonchev–Trinajstić information content (AvgIpc) is 3.82. The monoisotopic (exact) mass is 636 g/mol. The van der Waals surface area contributed by atoms with Crippen molar-refractivity contribution < 1.29 is 36.3 Å². The van der Waals surface area contributed by atoms with Crippen LogP contribution in [0.5, 0.6) is 0 Å². The number of benzene rings is 3. The third-order valence-electron chi connectivity index (χ3n) is 7.80. The van der Waals surface area contributed by atoms with Crippen LogP contribution in [0.15, 0.2) is 65.1 Å². The van der Waals surface area contributed by atoms with E-state index in [2.05, 4.69) is 10.0 Å². The van der Waals surface area contributed by atoms with Crippen molar-refractivity contribution in [3.63, 3.8) is 0 Å². The molecule has 1 amide bonds. The summed E-state index contributed by atoms with van der Waals surface area (Å²) in [6, 6.07) is 16.4. The van der Waals surface area contributed by atoms with Gasteiger partial charge in [-0.25, -0.2) is 22.3 Å². The van der Waals surface area contributed by atoms with Crippen LogP contribution in [0.3, 0.4) is 0 Å². The summed E-state index contributed by atoms with van der Waals surface area (Å²) in [5, 5.41) is 3.26. The summed E-state index contributed by atoms with van der Waals surface area (Å²) in [5.41, 5.74) is 4.28. The molecule has 0 radical (unpaired) electrons. The highest BCUT2D eigenvalue weighted by Gasteiger charge is 2.31. The van der Waals surface area contributed by atoms with Gasteiger partial charge in [-0.2, -0.15) is 0 Å². The molecule has 1 aliphatic rings. The van der Waals surface area contributed by atoms with Crippen molar-refractivity contribution in [2.24, 2.45) is 0 Å². The van der Waals surface area contributed by atoms with Crippen LogP contribution in [0.1, 0.15) is 75.4 Å². The standard InChI is InChI=1S/C34H37FN2O7S/c1-36-33(38)31-29-19-28(23-10-11-23)26(18-30(29)44-32(31)24-12-14-27(35)15-13-24)21-45(40,41)37-16-4-3-5-17-43-20-22-6-8-25(9-7-22)34(39)42-2/h6-9,12-15,18-19,23,37H,3-5,10-11,16-17,20-21H2,1-2H3,(H,36,38). The molecule has 1 saturated carbocycles. The Morgan fingerprint density at radius 3 is 2.40 bits per heavy atom. The van der Waals surface area contributed by atoms with E-state index in [0.29, 0.717) is 65.2 Å². The molecule has 0 spiro atoms. The number of hydrogen-bond acceptors (Lipinski definition) is 7. The van der Waals surface area contributed by atoms with E-state index in [4.69, 9.17) is 13.9 Å². The van der Waals surface area contributed by atoms with E-state index in [9.17, 15) is 22.4 Å². The number of halogens is 1. The summed E-state index contributed by atoms with van der Waals surface area (Å²) < 4.78 is 59.0. The first-order chi connectivity index (χ1) is 21.7. The molecule has 0 saturated heterocycles. The molecule has 5 rings (SSSR count). The number of rotatable bonds is 15. The highest BCUT2D eigenvalue weighted by Crippen LogP contribution is 2.45. The average molecular weight is 637 g/mol. The summed E-state index contributed by atoms with van der Waals surface area (Å²) in [6.45, 7) is 1.28. The molecule has 1 aromatic heterocycles. The van der Waals surface area contributed by atoms with E-state index >= 15 is 0 Å². The lowest BCUT2D eigenvalue weighted by Crippen LogP contribution is -2.26. The van der Waals surface area contributed by atoms with Gasteiger partial charge in [0, 0.05) is 31.1 Å². The Kier molecular flexibility index (Phi) is 10.3. The third kappa shape index (κ3) is 8.16. The summed E-state index contributed by atoms with van der Waals surface area (Å²) in [4.78, 5) is 24.5. The minimum absolute atomic E-state index is 0.200. The second-order valence-electron chi connectivity index (χ2n) is 11.2. The van der Waals surface area contributed by atoms with E-state index < -0.39 is 15.8 Å². The van der Waals surface area contributed by atoms with Crippen molar-refractivity contribution in [2.45, 2.75) is 50.4 Å². The van der Waals surface area contributed by atoms with E-state index in [1.54, 1.807) is 30.3 Å². The fourth-order valence-corrected chi connectivity index (χ4v) is 6.51. The van der Waals surface area contributed by atoms with Gasteiger partial charge in [0.25, 0.3) is 5.91 Å². The maximum Gasteiger partial charge on any atom is 0.337 e. The molecule has 1 aliphatic carbocycles. The van der Waals surface area contributed by atoms with Crippen molar-refractivity contribution in [2.75, 3.05) is 27.3 Å². The van der Waals surface area contributed by atoms with E-state index in [-0.39, 0.29) is 23.5 Å². The van der Waals surface area contributed by atoms with Crippen molar-refractivity contribution in [3.05, 3.63) is 94.3 Å². The van der Waals surface area contributed by atoms with Crippen molar-refractivity contribution in [1.29, 1.82) is 0 Å². The first-order valence-electron chi connectivity index (χ1n) is 15.0. The largest absolute Gasteiger partial charge is 0.465 e. The van der Waals surface area contributed by atoms with Crippen LogP contribution in [0, 0.1) is 5.82 Å². The Bertz CT molecular complexity index is 1760. The smallest absolute Gasteiger partial charge is 0.337 e. The summed E-state index contributed by atoms with van der Waals surface area (Å²) >= 11 is 0. The summed E-state index contributed by atoms with van der Waals surface area (Å²) in [6.07, 6.45) is 4.15. The predicted octanol–water partition coefficient (Wildman–Crippen LogP) is 6.07. The molecule has 238 valence electrons. The number of carbonyl (C=O) groups is 2. The van der Waals surface area contributed by atoms with Crippen molar-refractivity contribution in [1.82, 2.24) is 10.0 Å². The number of hydrogen-bond donors (Lipinski definition) is 2. The lowest BCUT2D eigenvalue weighted by atomic mass is 9.98.